The lowest BCUT2D eigenvalue weighted by Crippen LogP contribution is -2.01. The zero-order valence-corrected chi connectivity index (χ0v) is 14.4. The highest BCUT2D eigenvalue weighted by atomic mass is 79.9. The van der Waals surface area contributed by atoms with Crippen LogP contribution in [0, 0.1) is 5.92 Å². The molecule has 106 valence electrons. The topological polar surface area (TPSA) is 25.8 Å². The van der Waals surface area contributed by atoms with Crippen LogP contribution < -0.4 is 0 Å². The summed E-state index contributed by atoms with van der Waals surface area (Å²) in [5.41, 5.74) is 1.58. The van der Waals surface area contributed by atoms with Crippen LogP contribution in [0.15, 0.2) is 28.7 Å². The van der Waals surface area contributed by atoms with Crippen molar-refractivity contribution in [3.8, 4) is 11.1 Å². The summed E-state index contributed by atoms with van der Waals surface area (Å²) in [6.45, 7) is 4.33. The van der Waals surface area contributed by atoms with Crippen molar-refractivity contribution in [2.75, 3.05) is 0 Å². The highest BCUT2D eigenvalue weighted by Gasteiger charge is 2.15. The zero-order valence-electron chi connectivity index (χ0n) is 11.3. The van der Waals surface area contributed by atoms with Gasteiger partial charge >= 0.3 is 0 Å². The maximum Gasteiger partial charge on any atom is 0.142 e. The fourth-order valence-electron chi connectivity index (χ4n) is 1.86. The maximum atomic E-state index is 6.30. The summed E-state index contributed by atoms with van der Waals surface area (Å²) in [6.07, 6.45) is 1.80. The molecule has 0 atom stereocenters. The summed E-state index contributed by atoms with van der Waals surface area (Å²) in [7, 11) is 0. The van der Waals surface area contributed by atoms with Gasteiger partial charge in [0.2, 0.25) is 0 Å². The van der Waals surface area contributed by atoms with Crippen LogP contribution >= 0.6 is 39.1 Å². The monoisotopic (exact) mass is 372 g/mol. The highest BCUT2D eigenvalue weighted by molar-refractivity contribution is 9.10. The predicted octanol–water partition coefficient (Wildman–Crippen LogP) is 5.80. The quantitative estimate of drug-likeness (QED) is 0.632. The van der Waals surface area contributed by atoms with Crippen molar-refractivity contribution in [3.05, 3.63) is 44.9 Å². The summed E-state index contributed by atoms with van der Waals surface area (Å²) in [5.74, 6) is 1.29. The molecule has 5 heteroatoms. The van der Waals surface area contributed by atoms with Crippen molar-refractivity contribution in [3.63, 3.8) is 0 Å². The van der Waals surface area contributed by atoms with Crippen LogP contribution in [0.3, 0.4) is 0 Å². The average Bonchev–Trinajstić information content (AvgIpc) is 2.38. The number of aryl methyl sites for hydroxylation is 1. The molecule has 1 aromatic carbocycles. The van der Waals surface area contributed by atoms with Crippen molar-refractivity contribution in [2.24, 2.45) is 5.92 Å². The number of halogens is 3. The second kappa shape index (κ2) is 6.88. The minimum absolute atomic E-state index is 0.399. The van der Waals surface area contributed by atoms with Crippen molar-refractivity contribution >= 4 is 39.1 Å². The molecule has 0 bridgehead atoms. The van der Waals surface area contributed by atoms with Gasteiger partial charge in [0.15, 0.2) is 0 Å². The number of nitrogens with zero attached hydrogens (tertiary/aromatic N) is 2. The first kappa shape index (κ1) is 15.7. The molecule has 0 amide bonds. The van der Waals surface area contributed by atoms with Crippen LogP contribution in [0.5, 0.6) is 0 Å². The van der Waals surface area contributed by atoms with E-state index in [0.717, 1.165) is 22.9 Å². The number of aromatic nitrogens is 2. The molecule has 0 aliphatic heterocycles. The van der Waals surface area contributed by atoms with Crippen molar-refractivity contribution in [1.29, 1.82) is 0 Å². The lowest BCUT2D eigenvalue weighted by atomic mass is 10.1. The third-order valence-electron chi connectivity index (χ3n) is 2.96. The Hall–Kier alpha value is -0.640. The molecule has 0 N–H and O–H groups in total. The number of benzene rings is 1. The van der Waals surface area contributed by atoms with Crippen LogP contribution in [0.2, 0.25) is 10.3 Å². The van der Waals surface area contributed by atoms with Gasteiger partial charge < -0.3 is 0 Å². The van der Waals surface area contributed by atoms with Gasteiger partial charge in [-0.15, -0.1) is 0 Å². The molecule has 0 spiro atoms. The van der Waals surface area contributed by atoms with E-state index < -0.39 is 0 Å². The Morgan fingerprint density at radius 2 is 1.70 bits per heavy atom. The maximum absolute atomic E-state index is 6.30. The van der Waals surface area contributed by atoms with Crippen LogP contribution in [0.1, 0.15) is 26.1 Å². The van der Waals surface area contributed by atoms with Gasteiger partial charge in [-0.05, 0) is 18.4 Å². The lowest BCUT2D eigenvalue weighted by Gasteiger charge is -2.10. The van der Waals surface area contributed by atoms with Gasteiger partial charge in [0.25, 0.3) is 0 Å². The molecular weight excluding hydrogens is 359 g/mol. The first-order valence-electron chi connectivity index (χ1n) is 6.46. The van der Waals surface area contributed by atoms with Gasteiger partial charge in [-0.2, -0.15) is 0 Å². The first-order valence-corrected chi connectivity index (χ1v) is 8.00. The van der Waals surface area contributed by atoms with Gasteiger partial charge in [0.1, 0.15) is 16.1 Å². The van der Waals surface area contributed by atoms with E-state index in [9.17, 15) is 0 Å². The molecule has 0 aliphatic carbocycles. The van der Waals surface area contributed by atoms with E-state index in [2.05, 4.69) is 39.7 Å². The minimum atomic E-state index is 0.399. The number of rotatable bonds is 4. The summed E-state index contributed by atoms with van der Waals surface area (Å²) in [4.78, 5) is 8.74. The highest BCUT2D eigenvalue weighted by Crippen LogP contribution is 2.36. The van der Waals surface area contributed by atoms with Gasteiger partial charge in [-0.25, -0.2) is 9.97 Å². The Kier molecular flexibility index (Phi) is 5.42. The Balaban J connectivity index is 2.39. The minimum Gasteiger partial charge on any atom is -0.220 e. The summed E-state index contributed by atoms with van der Waals surface area (Å²) < 4.78 is 0.919. The lowest BCUT2D eigenvalue weighted by molar-refractivity contribution is 0.575. The Bertz CT molecular complexity index is 592. The number of hydrogen-bond acceptors (Lipinski definition) is 2. The van der Waals surface area contributed by atoms with Crippen molar-refractivity contribution in [1.82, 2.24) is 9.97 Å². The van der Waals surface area contributed by atoms with E-state index in [4.69, 9.17) is 23.2 Å². The van der Waals surface area contributed by atoms with Gasteiger partial charge in [0, 0.05) is 16.5 Å². The normalized spacial score (nSPS) is 11.1. The average molecular weight is 374 g/mol. The molecule has 2 rings (SSSR count). The first-order chi connectivity index (χ1) is 9.49. The number of hydrogen-bond donors (Lipinski definition) is 0. The fourth-order valence-corrected chi connectivity index (χ4v) is 2.97. The molecule has 0 saturated carbocycles. The second-order valence-electron chi connectivity index (χ2n) is 5.01. The third-order valence-corrected chi connectivity index (χ3v) is 4.19. The molecular formula is C15H15BrCl2N2. The molecule has 1 aromatic heterocycles. The molecule has 2 aromatic rings. The fraction of sp³-hybridized carbons (Fsp3) is 0.333. The molecule has 0 fully saturated rings. The molecule has 2 nitrogen and oxygen atoms in total. The standard InChI is InChI=1S/C15H15BrCl2N2/c1-9(2)7-8-12-19-14(17)13(15(18)20-12)10-5-3-4-6-11(10)16/h3-6,9H,7-8H2,1-2H3. The van der Waals surface area contributed by atoms with E-state index in [1.54, 1.807) is 0 Å². The van der Waals surface area contributed by atoms with Gasteiger partial charge in [0.05, 0.1) is 5.56 Å². The predicted molar refractivity (Wildman–Crippen MR) is 88.3 cm³/mol. The van der Waals surface area contributed by atoms with E-state index in [-0.39, 0.29) is 0 Å². The summed E-state index contributed by atoms with van der Waals surface area (Å²) in [5, 5.41) is 0.798. The van der Waals surface area contributed by atoms with Crippen LogP contribution in [-0.4, -0.2) is 9.97 Å². The molecule has 0 saturated heterocycles. The summed E-state index contributed by atoms with van der Waals surface area (Å²) >= 11 is 16.1. The van der Waals surface area contributed by atoms with Crippen molar-refractivity contribution in [2.45, 2.75) is 26.7 Å². The largest absolute Gasteiger partial charge is 0.220 e. The van der Waals surface area contributed by atoms with E-state index >= 15 is 0 Å². The van der Waals surface area contributed by atoms with E-state index in [1.165, 1.54) is 0 Å². The molecule has 1 heterocycles. The molecule has 20 heavy (non-hydrogen) atoms. The SMILES string of the molecule is CC(C)CCc1nc(Cl)c(-c2ccccc2Br)c(Cl)n1. The Morgan fingerprint density at radius 3 is 2.25 bits per heavy atom. The van der Waals surface area contributed by atoms with Crippen LogP contribution in [0.4, 0.5) is 0 Å². The van der Waals surface area contributed by atoms with Crippen LogP contribution in [0.25, 0.3) is 11.1 Å². The molecule has 0 unspecified atom stereocenters. The second-order valence-corrected chi connectivity index (χ2v) is 6.58. The smallest absolute Gasteiger partial charge is 0.142 e. The Labute approximate surface area is 137 Å². The van der Waals surface area contributed by atoms with E-state index in [1.807, 2.05) is 24.3 Å². The van der Waals surface area contributed by atoms with Crippen molar-refractivity contribution < 1.29 is 0 Å². The third kappa shape index (κ3) is 3.72. The van der Waals surface area contributed by atoms with Gasteiger partial charge in [-0.1, -0.05) is 71.2 Å². The van der Waals surface area contributed by atoms with Gasteiger partial charge in [-0.3, -0.25) is 0 Å². The van der Waals surface area contributed by atoms with Crippen LogP contribution in [-0.2, 0) is 6.42 Å². The Morgan fingerprint density at radius 1 is 1.10 bits per heavy atom. The molecule has 0 aliphatic rings. The van der Waals surface area contributed by atoms with E-state index in [0.29, 0.717) is 27.6 Å². The summed E-state index contributed by atoms with van der Waals surface area (Å²) in [6, 6.07) is 7.75. The zero-order chi connectivity index (χ0) is 14.7. The molecule has 0 radical (unpaired) electrons.